The van der Waals surface area contributed by atoms with Crippen LogP contribution in [0, 0.1) is 5.82 Å². The first-order chi connectivity index (χ1) is 18.9. The Kier molecular flexibility index (Phi) is 10.3. The van der Waals surface area contributed by atoms with Gasteiger partial charge in [0.2, 0.25) is 17.7 Å². The minimum absolute atomic E-state index is 0.0690. The fourth-order valence-corrected chi connectivity index (χ4v) is 5.45. The lowest BCUT2D eigenvalue weighted by Crippen LogP contribution is -2.12. The molecule has 3 aromatic heterocycles. The molecule has 0 saturated heterocycles. The first-order valence-electron chi connectivity index (χ1n) is 12.8. The number of aromatic nitrogens is 4. The Balaban J connectivity index is 1.08. The van der Waals surface area contributed by atoms with Crippen LogP contribution in [0.5, 0.6) is 0 Å². The average molecular weight is 571 g/mol. The van der Waals surface area contributed by atoms with Crippen molar-refractivity contribution in [3.63, 3.8) is 0 Å². The number of carbonyl (C=O) groups excluding carboxylic acids is 2. The van der Waals surface area contributed by atoms with Gasteiger partial charge in [-0.25, -0.2) is 14.4 Å². The maximum atomic E-state index is 13.2. The van der Waals surface area contributed by atoms with Gasteiger partial charge in [-0.2, -0.15) is 5.10 Å². The Labute approximate surface area is 234 Å². The van der Waals surface area contributed by atoms with Crippen molar-refractivity contribution in [1.29, 1.82) is 0 Å². The smallest absolute Gasteiger partial charge is 0.226 e. The topological polar surface area (TPSA) is 126 Å². The molecule has 0 aliphatic heterocycles. The molecule has 0 radical (unpaired) electrons. The summed E-state index contributed by atoms with van der Waals surface area (Å²) >= 11 is 3.00. The molecule has 0 fully saturated rings. The number of oxazole rings is 1. The third kappa shape index (κ3) is 8.75. The van der Waals surface area contributed by atoms with E-state index < -0.39 is 0 Å². The Morgan fingerprint density at radius 3 is 2.41 bits per heavy atom. The lowest BCUT2D eigenvalue weighted by molar-refractivity contribution is -0.117. The van der Waals surface area contributed by atoms with Gasteiger partial charge in [0.25, 0.3) is 0 Å². The molecule has 0 aliphatic carbocycles. The summed E-state index contributed by atoms with van der Waals surface area (Å²) in [6, 6.07) is 6.01. The fraction of sp³-hybridized carbons (Fsp3) is 0.370. The number of hydrogen-bond acceptors (Lipinski definition) is 8. The zero-order valence-electron chi connectivity index (χ0n) is 21.8. The molecule has 12 heteroatoms. The zero-order valence-corrected chi connectivity index (χ0v) is 23.5. The summed E-state index contributed by atoms with van der Waals surface area (Å²) in [5, 5.41) is 13.0. The largest absolute Gasteiger partial charge is 0.445 e. The molecular formula is C27H31FN6O3S2. The number of aromatic amines is 1. The van der Waals surface area contributed by atoms with E-state index in [4.69, 9.17) is 4.42 Å². The summed E-state index contributed by atoms with van der Waals surface area (Å²) in [5.41, 5.74) is 1.47. The normalized spacial score (nSPS) is 11.2. The predicted molar refractivity (Wildman–Crippen MR) is 151 cm³/mol. The molecule has 206 valence electrons. The second kappa shape index (κ2) is 14.0. The van der Waals surface area contributed by atoms with Crippen molar-refractivity contribution < 1.29 is 18.4 Å². The third-order valence-corrected chi connectivity index (χ3v) is 7.92. The molecule has 4 aromatic rings. The highest BCUT2D eigenvalue weighted by atomic mass is 32.2. The van der Waals surface area contributed by atoms with Crippen molar-refractivity contribution in [3.8, 4) is 11.1 Å². The van der Waals surface area contributed by atoms with E-state index in [0.29, 0.717) is 53.3 Å². The molecule has 0 aliphatic rings. The summed E-state index contributed by atoms with van der Waals surface area (Å²) in [6.07, 6.45) is 9.00. The molecule has 0 saturated carbocycles. The van der Waals surface area contributed by atoms with Gasteiger partial charge in [0.05, 0.1) is 28.6 Å². The van der Waals surface area contributed by atoms with Gasteiger partial charge in [0, 0.05) is 24.3 Å². The van der Waals surface area contributed by atoms with Crippen LogP contribution in [-0.4, -0.2) is 32.0 Å². The van der Waals surface area contributed by atoms with Crippen LogP contribution < -0.4 is 10.6 Å². The number of nitrogens with zero attached hydrogens (tertiary/aromatic N) is 3. The SMILES string of the molecule is CC(C)c1cnc(CSc2cnc(NC(=O)CCCCCCC(=O)Nc3[nH]ncc3-c3ccc(F)cc3)s2)o1. The van der Waals surface area contributed by atoms with E-state index in [1.54, 1.807) is 42.5 Å². The number of halogens is 1. The number of rotatable bonds is 14. The van der Waals surface area contributed by atoms with Gasteiger partial charge in [0.15, 0.2) is 5.13 Å². The van der Waals surface area contributed by atoms with Crippen LogP contribution in [0.2, 0.25) is 0 Å². The van der Waals surface area contributed by atoms with Crippen molar-refractivity contribution in [2.24, 2.45) is 0 Å². The maximum absolute atomic E-state index is 13.2. The van der Waals surface area contributed by atoms with Crippen LogP contribution in [0.25, 0.3) is 11.1 Å². The lowest BCUT2D eigenvalue weighted by atomic mass is 10.1. The summed E-state index contributed by atoms with van der Waals surface area (Å²) in [4.78, 5) is 33.2. The van der Waals surface area contributed by atoms with Crippen LogP contribution in [-0.2, 0) is 15.3 Å². The van der Waals surface area contributed by atoms with E-state index in [1.165, 1.54) is 23.5 Å². The van der Waals surface area contributed by atoms with Gasteiger partial charge in [0.1, 0.15) is 17.4 Å². The Bertz CT molecular complexity index is 1370. The van der Waals surface area contributed by atoms with E-state index in [-0.39, 0.29) is 17.6 Å². The number of H-pyrrole nitrogens is 1. The van der Waals surface area contributed by atoms with Gasteiger partial charge in [-0.15, -0.1) is 11.8 Å². The van der Waals surface area contributed by atoms with Crippen molar-refractivity contribution in [2.75, 3.05) is 10.6 Å². The molecule has 2 amide bonds. The second-order valence-corrected chi connectivity index (χ2v) is 11.6. The summed E-state index contributed by atoms with van der Waals surface area (Å²) in [7, 11) is 0. The standard InChI is InChI=1S/C27H31FN6O3S2/c1-17(2)21-14-29-24(37-21)16-38-25-15-30-27(39-25)33-23(36)8-6-4-3-5-7-22(35)32-26-20(13-31-34-26)18-9-11-19(28)12-10-18/h9-15,17H,3-8,16H2,1-2H3,(H,30,33,36)(H2,31,32,34,35). The van der Waals surface area contributed by atoms with Gasteiger partial charge in [-0.05, 0) is 30.5 Å². The van der Waals surface area contributed by atoms with E-state index in [0.717, 1.165) is 34.8 Å². The molecule has 3 heterocycles. The number of anilines is 2. The molecule has 0 unspecified atom stereocenters. The number of amides is 2. The molecule has 0 bridgehead atoms. The first-order valence-corrected chi connectivity index (χ1v) is 14.6. The lowest BCUT2D eigenvalue weighted by Gasteiger charge is -2.06. The Hall–Kier alpha value is -3.51. The molecule has 0 spiro atoms. The van der Waals surface area contributed by atoms with Gasteiger partial charge in [-0.1, -0.05) is 50.2 Å². The van der Waals surface area contributed by atoms with Crippen LogP contribution in [0.1, 0.15) is 69.9 Å². The summed E-state index contributed by atoms with van der Waals surface area (Å²) < 4.78 is 19.9. The summed E-state index contributed by atoms with van der Waals surface area (Å²) in [5.74, 6) is 2.44. The van der Waals surface area contributed by atoms with Gasteiger partial charge in [-0.3, -0.25) is 14.7 Å². The number of hydrogen-bond donors (Lipinski definition) is 3. The summed E-state index contributed by atoms with van der Waals surface area (Å²) in [6.45, 7) is 4.12. The predicted octanol–water partition coefficient (Wildman–Crippen LogP) is 6.99. The van der Waals surface area contributed by atoms with Crippen LogP contribution in [0.3, 0.4) is 0 Å². The van der Waals surface area contributed by atoms with E-state index in [9.17, 15) is 14.0 Å². The number of thiazole rings is 1. The molecule has 3 N–H and O–H groups in total. The van der Waals surface area contributed by atoms with Crippen LogP contribution in [0.15, 0.2) is 51.5 Å². The fourth-order valence-electron chi connectivity index (χ4n) is 3.71. The Morgan fingerprint density at radius 2 is 1.72 bits per heavy atom. The Morgan fingerprint density at radius 1 is 1.00 bits per heavy atom. The minimum atomic E-state index is -0.322. The number of carbonyl (C=O) groups is 2. The van der Waals surface area contributed by atoms with Gasteiger partial charge >= 0.3 is 0 Å². The quantitative estimate of drug-likeness (QED) is 0.110. The molecule has 39 heavy (non-hydrogen) atoms. The number of benzene rings is 1. The van der Waals surface area contributed by atoms with Crippen molar-refractivity contribution >= 4 is 45.9 Å². The molecule has 9 nitrogen and oxygen atoms in total. The highest BCUT2D eigenvalue weighted by Crippen LogP contribution is 2.31. The van der Waals surface area contributed by atoms with E-state index in [2.05, 4.69) is 44.6 Å². The first kappa shape index (κ1) is 28.5. The highest BCUT2D eigenvalue weighted by Gasteiger charge is 2.12. The van der Waals surface area contributed by atoms with Gasteiger partial charge < -0.3 is 15.1 Å². The van der Waals surface area contributed by atoms with E-state index in [1.807, 2.05) is 0 Å². The van der Waals surface area contributed by atoms with Crippen LogP contribution >= 0.6 is 23.1 Å². The van der Waals surface area contributed by atoms with Crippen molar-refractivity contribution in [2.45, 2.75) is 68.3 Å². The van der Waals surface area contributed by atoms with Crippen molar-refractivity contribution in [3.05, 3.63) is 60.3 Å². The van der Waals surface area contributed by atoms with Crippen LogP contribution in [0.4, 0.5) is 15.3 Å². The highest BCUT2D eigenvalue weighted by molar-refractivity contribution is 8.00. The monoisotopic (exact) mass is 570 g/mol. The molecule has 0 atom stereocenters. The van der Waals surface area contributed by atoms with Crippen molar-refractivity contribution in [1.82, 2.24) is 20.2 Å². The number of nitrogens with one attached hydrogen (secondary N) is 3. The minimum Gasteiger partial charge on any atom is -0.445 e. The average Bonchev–Trinajstić information content (AvgIpc) is 3.67. The molecule has 4 rings (SSSR count). The maximum Gasteiger partial charge on any atom is 0.226 e. The molecular weight excluding hydrogens is 539 g/mol. The molecule has 1 aromatic carbocycles. The second-order valence-electron chi connectivity index (χ2n) is 9.26. The zero-order chi connectivity index (χ0) is 27.6. The third-order valence-electron chi connectivity index (χ3n) is 5.83. The number of thioether (sulfide) groups is 1. The number of unbranched alkanes of at least 4 members (excludes halogenated alkanes) is 3. The van der Waals surface area contributed by atoms with E-state index >= 15 is 0 Å².